The first-order chi connectivity index (χ1) is 8.34. The largest absolute Gasteiger partial charge is 0.563 e. The molecule has 84 valence electrons. The number of rotatable bonds is 1. The Labute approximate surface area is 101 Å². The average Bonchev–Trinajstić information content (AvgIpc) is 2.40. The molecule has 2 aromatic carbocycles. The molecule has 2 aromatic rings. The maximum Gasteiger partial charge on any atom is 0.563 e. The van der Waals surface area contributed by atoms with Crippen molar-refractivity contribution >= 4 is 12.6 Å². The van der Waals surface area contributed by atoms with Gasteiger partial charge in [0.25, 0.3) is 0 Å². The fourth-order valence-corrected chi connectivity index (χ4v) is 2.05. The van der Waals surface area contributed by atoms with Crippen LogP contribution in [0.4, 0.5) is 0 Å². The molecule has 0 saturated carbocycles. The monoisotopic (exact) mass is 224 g/mol. The first kappa shape index (κ1) is 10.4. The van der Waals surface area contributed by atoms with Crippen molar-refractivity contribution in [3.8, 4) is 5.75 Å². The minimum atomic E-state index is -0.287. The van der Waals surface area contributed by atoms with Gasteiger partial charge in [0, 0.05) is 5.56 Å². The zero-order valence-electron chi connectivity index (χ0n) is 9.72. The van der Waals surface area contributed by atoms with Gasteiger partial charge in [0.15, 0.2) is 0 Å². The Morgan fingerprint density at radius 2 is 1.82 bits per heavy atom. The molecule has 0 fully saturated rings. The molecule has 0 atom stereocenters. The Balaban J connectivity index is 1.91. The minimum absolute atomic E-state index is 0.287. The van der Waals surface area contributed by atoms with Gasteiger partial charge in [0.05, 0.1) is 6.61 Å². The molecule has 0 saturated heterocycles. The predicted molar refractivity (Wildman–Crippen MR) is 68.4 cm³/mol. The van der Waals surface area contributed by atoms with Gasteiger partial charge in [-0.05, 0) is 24.0 Å². The van der Waals surface area contributed by atoms with Gasteiger partial charge in [0.2, 0.25) is 0 Å². The van der Waals surface area contributed by atoms with Crippen molar-refractivity contribution in [3.05, 3.63) is 59.7 Å². The van der Waals surface area contributed by atoms with Crippen molar-refractivity contribution in [3.63, 3.8) is 0 Å². The molecule has 0 N–H and O–H groups in total. The third kappa shape index (κ3) is 1.94. The first-order valence-electron chi connectivity index (χ1n) is 5.76. The summed E-state index contributed by atoms with van der Waals surface area (Å²) < 4.78 is 11.6. The average molecular weight is 224 g/mol. The van der Waals surface area contributed by atoms with Gasteiger partial charge in [0.1, 0.15) is 5.75 Å². The molecule has 1 aliphatic heterocycles. The molecule has 0 amide bonds. The van der Waals surface area contributed by atoms with Crippen molar-refractivity contribution in [2.75, 3.05) is 0 Å². The zero-order chi connectivity index (χ0) is 11.7. The Hall–Kier alpha value is -1.74. The third-order valence-electron chi connectivity index (χ3n) is 3.05. The Morgan fingerprint density at radius 3 is 2.65 bits per heavy atom. The first-order valence-corrected chi connectivity index (χ1v) is 5.76. The lowest BCUT2D eigenvalue weighted by Crippen LogP contribution is -2.42. The molecule has 0 aliphatic carbocycles. The number of benzene rings is 2. The second kappa shape index (κ2) is 4.26. The second-order valence-corrected chi connectivity index (χ2v) is 4.22. The Bertz CT molecular complexity index is 525. The van der Waals surface area contributed by atoms with Crippen molar-refractivity contribution in [2.24, 2.45) is 0 Å². The maximum absolute atomic E-state index is 5.88. The summed E-state index contributed by atoms with van der Waals surface area (Å²) >= 11 is 0. The van der Waals surface area contributed by atoms with Crippen LogP contribution in [0.3, 0.4) is 0 Å². The molecule has 17 heavy (non-hydrogen) atoms. The number of aryl methyl sites for hydroxylation is 1. The van der Waals surface area contributed by atoms with Gasteiger partial charge in [-0.15, -0.1) is 0 Å². The standard InChI is InChI=1S/C14H13BO2/c1-11-6-5-9-14-13(11)10-16-15(17-14)12-7-3-2-4-8-12/h2-9H,10H2,1H3. The molecule has 0 radical (unpaired) electrons. The molecule has 0 bridgehead atoms. The fraction of sp³-hybridized carbons (Fsp3) is 0.143. The highest BCUT2D eigenvalue weighted by Crippen LogP contribution is 2.27. The van der Waals surface area contributed by atoms with Crippen molar-refractivity contribution in [1.82, 2.24) is 0 Å². The SMILES string of the molecule is Cc1cccc2c1COB(c1ccccc1)O2. The Kier molecular flexibility index (Phi) is 2.61. The lowest BCUT2D eigenvalue weighted by atomic mass is 9.77. The lowest BCUT2D eigenvalue weighted by molar-refractivity contribution is 0.237. The van der Waals surface area contributed by atoms with Crippen LogP contribution in [0.15, 0.2) is 48.5 Å². The summed E-state index contributed by atoms with van der Waals surface area (Å²) in [4.78, 5) is 0. The van der Waals surface area contributed by atoms with E-state index in [9.17, 15) is 0 Å². The molecule has 2 nitrogen and oxygen atoms in total. The van der Waals surface area contributed by atoms with E-state index in [2.05, 4.69) is 13.0 Å². The van der Waals surface area contributed by atoms with Gasteiger partial charge in [-0.2, -0.15) is 0 Å². The number of hydrogen-bond acceptors (Lipinski definition) is 2. The Morgan fingerprint density at radius 1 is 1.00 bits per heavy atom. The summed E-state index contributed by atoms with van der Waals surface area (Å²) in [5.41, 5.74) is 3.42. The van der Waals surface area contributed by atoms with Crippen LogP contribution in [0.25, 0.3) is 0 Å². The predicted octanol–water partition coefficient (Wildman–Crippen LogP) is 2.30. The number of hydrogen-bond donors (Lipinski definition) is 0. The second-order valence-electron chi connectivity index (χ2n) is 4.22. The lowest BCUT2D eigenvalue weighted by Gasteiger charge is -2.25. The molecule has 1 heterocycles. The molecule has 1 aliphatic rings. The van der Waals surface area contributed by atoms with Crippen LogP contribution in [0.5, 0.6) is 5.75 Å². The van der Waals surface area contributed by atoms with E-state index in [0.29, 0.717) is 6.61 Å². The maximum atomic E-state index is 5.88. The molecular weight excluding hydrogens is 211 g/mol. The van der Waals surface area contributed by atoms with Crippen LogP contribution in [-0.4, -0.2) is 7.12 Å². The highest BCUT2D eigenvalue weighted by atomic mass is 16.6. The van der Waals surface area contributed by atoms with E-state index in [-0.39, 0.29) is 7.12 Å². The van der Waals surface area contributed by atoms with Crippen LogP contribution in [0, 0.1) is 6.92 Å². The van der Waals surface area contributed by atoms with E-state index in [1.54, 1.807) is 0 Å². The van der Waals surface area contributed by atoms with Gasteiger partial charge < -0.3 is 9.31 Å². The van der Waals surface area contributed by atoms with Crippen LogP contribution in [-0.2, 0) is 11.3 Å². The van der Waals surface area contributed by atoms with Crippen LogP contribution < -0.4 is 10.1 Å². The normalized spacial score (nSPS) is 14.1. The summed E-state index contributed by atoms with van der Waals surface area (Å²) in [6.07, 6.45) is 0. The van der Waals surface area contributed by atoms with Crippen LogP contribution >= 0.6 is 0 Å². The highest BCUT2D eigenvalue weighted by molar-refractivity contribution is 6.62. The van der Waals surface area contributed by atoms with E-state index in [1.165, 1.54) is 5.56 Å². The summed E-state index contributed by atoms with van der Waals surface area (Å²) in [6.45, 7) is 2.69. The van der Waals surface area contributed by atoms with Crippen molar-refractivity contribution in [2.45, 2.75) is 13.5 Å². The molecule has 0 spiro atoms. The quantitative estimate of drug-likeness (QED) is 0.692. The fourth-order valence-electron chi connectivity index (χ4n) is 2.05. The number of fused-ring (bicyclic) bond motifs is 1. The molecule has 0 unspecified atom stereocenters. The van der Waals surface area contributed by atoms with Gasteiger partial charge in [-0.25, -0.2) is 0 Å². The molecular formula is C14H13BO2. The summed E-state index contributed by atoms with van der Waals surface area (Å²) in [5, 5.41) is 0. The van der Waals surface area contributed by atoms with Crippen LogP contribution in [0.1, 0.15) is 11.1 Å². The van der Waals surface area contributed by atoms with E-state index in [1.807, 2.05) is 42.5 Å². The zero-order valence-corrected chi connectivity index (χ0v) is 9.72. The summed E-state index contributed by atoms with van der Waals surface area (Å²) in [6, 6.07) is 16.1. The van der Waals surface area contributed by atoms with E-state index in [4.69, 9.17) is 9.31 Å². The van der Waals surface area contributed by atoms with Crippen molar-refractivity contribution < 1.29 is 9.31 Å². The molecule has 3 rings (SSSR count). The molecule has 3 heteroatoms. The van der Waals surface area contributed by atoms with Gasteiger partial charge in [-0.3, -0.25) is 0 Å². The third-order valence-corrected chi connectivity index (χ3v) is 3.05. The van der Waals surface area contributed by atoms with Gasteiger partial charge in [-0.1, -0.05) is 42.5 Å². The van der Waals surface area contributed by atoms with E-state index in [0.717, 1.165) is 16.8 Å². The van der Waals surface area contributed by atoms with Crippen LogP contribution in [0.2, 0.25) is 0 Å². The highest BCUT2D eigenvalue weighted by Gasteiger charge is 2.29. The van der Waals surface area contributed by atoms with E-state index < -0.39 is 0 Å². The topological polar surface area (TPSA) is 18.5 Å². The molecule has 0 aromatic heterocycles. The minimum Gasteiger partial charge on any atom is -0.532 e. The summed E-state index contributed by atoms with van der Waals surface area (Å²) in [7, 11) is -0.287. The van der Waals surface area contributed by atoms with Gasteiger partial charge >= 0.3 is 7.12 Å². The van der Waals surface area contributed by atoms with Crippen molar-refractivity contribution in [1.29, 1.82) is 0 Å². The summed E-state index contributed by atoms with van der Waals surface area (Å²) in [5.74, 6) is 0.935. The van der Waals surface area contributed by atoms with E-state index >= 15 is 0 Å². The smallest absolute Gasteiger partial charge is 0.532 e.